The van der Waals surface area contributed by atoms with Crippen LogP contribution in [0, 0.1) is 5.92 Å². The number of sulfonamides is 2. The van der Waals surface area contributed by atoms with Gasteiger partial charge in [0.15, 0.2) is 0 Å². The molecule has 136 valence electrons. The standard InChI is InChI=1S/C14H22N2O6S2/c1-10(2)8-13(14(17)18)15-23(19,20)11-6-5-7-12(9-11)24(21,22)16(3)4/h5-7,9-10,13,15H,8H2,1-4H3,(H,17,18)/t13-/m0/s1. The van der Waals surface area contributed by atoms with Crippen LogP contribution in [-0.2, 0) is 24.8 Å². The zero-order chi connectivity index (χ0) is 18.7. The van der Waals surface area contributed by atoms with E-state index in [1.807, 2.05) is 0 Å². The number of carboxylic acids is 1. The van der Waals surface area contributed by atoms with E-state index in [4.69, 9.17) is 5.11 Å². The lowest BCUT2D eigenvalue weighted by Gasteiger charge is -2.17. The summed E-state index contributed by atoms with van der Waals surface area (Å²) in [6.07, 6.45) is 0.115. The molecule has 0 unspecified atom stereocenters. The van der Waals surface area contributed by atoms with Crippen molar-refractivity contribution in [2.75, 3.05) is 14.1 Å². The highest BCUT2D eigenvalue weighted by Gasteiger charge is 2.27. The Hall–Kier alpha value is -1.49. The highest BCUT2D eigenvalue weighted by atomic mass is 32.2. The van der Waals surface area contributed by atoms with Crippen molar-refractivity contribution < 1.29 is 26.7 Å². The van der Waals surface area contributed by atoms with E-state index < -0.39 is 32.1 Å². The molecule has 24 heavy (non-hydrogen) atoms. The van der Waals surface area contributed by atoms with Gasteiger partial charge in [0.1, 0.15) is 6.04 Å². The molecule has 0 bridgehead atoms. The number of carboxylic acid groups (broad SMARTS) is 1. The van der Waals surface area contributed by atoms with Gasteiger partial charge < -0.3 is 5.11 Å². The predicted octanol–water partition coefficient (Wildman–Crippen LogP) is 0.715. The van der Waals surface area contributed by atoms with Gasteiger partial charge in [0.2, 0.25) is 20.0 Å². The monoisotopic (exact) mass is 378 g/mol. The first kappa shape index (κ1) is 20.6. The Labute approximate surface area is 142 Å². The molecule has 10 heteroatoms. The van der Waals surface area contributed by atoms with E-state index in [0.29, 0.717) is 0 Å². The van der Waals surface area contributed by atoms with E-state index in [1.54, 1.807) is 13.8 Å². The smallest absolute Gasteiger partial charge is 0.321 e. The quantitative estimate of drug-likeness (QED) is 0.687. The first-order valence-electron chi connectivity index (χ1n) is 7.15. The highest BCUT2D eigenvalue weighted by molar-refractivity contribution is 7.90. The zero-order valence-electron chi connectivity index (χ0n) is 13.9. The molecule has 0 spiro atoms. The van der Waals surface area contributed by atoms with Crippen molar-refractivity contribution in [1.82, 2.24) is 9.03 Å². The Morgan fingerprint density at radius 1 is 1.17 bits per heavy atom. The summed E-state index contributed by atoms with van der Waals surface area (Å²) in [6, 6.07) is 3.50. The van der Waals surface area contributed by atoms with Gasteiger partial charge in [-0.15, -0.1) is 0 Å². The van der Waals surface area contributed by atoms with Crippen molar-refractivity contribution in [1.29, 1.82) is 0 Å². The molecule has 1 aromatic rings. The van der Waals surface area contributed by atoms with E-state index in [1.165, 1.54) is 32.3 Å². The molecule has 0 saturated heterocycles. The summed E-state index contributed by atoms with van der Waals surface area (Å²) in [4.78, 5) is 10.7. The number of rotatable bonds is 8. The summed E-state index contributed by atoms with van der Waals surface area (Å²) >= 11 is 0. The van der Waals surface area contributed by atoms with Crippen molar-refractivity contribution in [2.24, 2.45) is 5.92 Å². The molecule has 1 rings (SSSR count). The maximum absolute atomic E-state index is 12.4. The number of nitrogens with zero attached hydrogens (tertiary/aromatic N) is 1. The Kier molecular flexibility index (Phi) is 6.51. The summed E-state index contributed by atoms with van der Waals surface area (Å²) in [5, 5.41) is 9.16. The molecular weight excluding hydrogens is 356 g/mol. The third-order valence-electron chi connectivity index (χ3n) is 3.20. The molecule has 0 amide bonds. The Balaban J connectivity index is 3.22. The maximum atomic E-state index is 12.4. The minimum atomic E-state index is -4.17. The van der Waals surface area contributed by atoms with E-state index in [9.17, 15) is 21.6 Å². The number of benzene rings is 1. The summed E-state index contributed by atoms with van der Waals surface area (Å²) in [5.74, 6) is -1.32. The molecule has 0 aliphatic carbocycles. The molecule has 0 heterocycles. The topological polar surface area (TPSA) is 121 Å². The number of carbonyl (C=O) groups is 1. The summed E-state index contributed by atoms with van der Waals surface area (Å²) in [7, 11) is -5.31. The van der Waals surface area contributed by atoms with Crippen LogP contribution in [0.3, 0.4) is 0 Å². The van der Waals surface area contributed by atoms with Gasteiger partial charge in [0, 0.05) is 14.1 Å². The van der Waals surface area contributed by atoms with Crippen molar-refractivity contribution >= 4 is 26.0 Å². The lowest BCUT2D eigenvalue weighted by Crippen LogP contribution is -2.41. The fourth-order valence-electron chi connectivity index (χ4n) is 1.94. The van der Waals surface area contributed by atoms with Gasteiger partial charge in [-0.25, -0.2) is 21.1 Å². The molecule has 0 aliphatic heterocycles. The van der Waals surface area contributed by atoms with Crippen LogP contribution in [0.4, 0.5) is 0 Å². The lowest BCUT2D eigenvalue weighted by atomic mass is 10.1. The summed E-state index contributed by atoms with van der Waals surface area (Å²) in [6.45, 7) is 3.54. The third-order valence-corrected chi connectivity index (χ3v) is 6.48. The fourth-order valence-corrected chi connectivity index (χ4v) is 4.21. The molecule has 0 aliphatic rings. The van der Waals surface area contributed by atoms with E-state index >= 15 is 0 Å². The number of aliphatic carboxylic acids is 1. The highest BCUT2D eigenvalue weighted by Crippen LogP contribution is 2.19. The fraction of sp³-hybridized carbons (Fsp3) is 0.500. The second kappa shape index (κ2) is 7.60. The molecule has 8 nitrogen and oxygen atoms in total. The minimum Gasteiger partial charge on any atom is -0.480 e. The summed E-state index contributed by atoms with van der Waals surface area (Å²) < 4.78 is 52.1. The number of hydrogen-bond donors (Lipinski definition) is 2. The molecule has 1 atom stereocenters. The molecular formula is C14H22N2O6S2. The van der Waals surface area contributed by atoms with Gasteiger partial charge in [-0.05, 0) is 30.5 Å². The zero-order valence-corrected chi connectivity index (χ0v) is 15.6. The van der Waals surface area contributed by atoms with Gasteiger partial charge in [-0.3, -0.25) is 4.79 Å². The molecule has 2 N–H and O–H groups in total. The van der Waals surface area contributed by atoms with Crippen LogP contribution < -0.4 is 4.72 Å². The average molecular weight is 378 g/mol. The third kappa shape index (κ3) is 5.00. The van der Waals surface area contributed by atoms with E-state index in [0.717, 1.165) is 10.4 Å². The average Bonchev–Trinajstić information content (AvgIpc) is 2.45. The lowest BCUT2D eigenvalue weighted by molar-refractivity contribution is -0.139. The molecule has 0 saturated carbocycles. The van der Waals surface area contributed by atoms with Gasteiger partial charge in [-0.2, -0.15) is 4.72 Å². The van der Waals surface area contributed by atoms with Crippen molar-refractivity contribution in [3.8, 4) is 0 Å². The van der Waals surface area contributed by atoms with Crippen molar-refractivity contribution in [3.05, 3.63) is 24.3 Å². The van der Waals surface area contributed by atoms with Gasteiger partial charge in [0.05, 0.1) is 9.79 Å². The van der Waals surface area contributed by atoms with E-state index in [2.05, 4.69) is 4.72 Å². The van der Waals surface area contributed by atoms with Gasteiger partial charge in [-0.1, -0.05) is 19.9 Å². The number of hydrogen-bond acceptors (Lipinski definition) is 5. The van der Waals surface area contributed by atoms with E-state index in [-0.39, 0.29) is 22.1 Å². The van der Waals surface area contributed by atoms with Crippen LogP contribution >= 0.6 is 0 Å². The first-order valence-corrected chi connectivity index (χ1v) is 10.1. The first-order chi connectivity index (χ1) is 10.9. The molecule has 1 aromatic carbocycles. The van der Waals surface area contributed by atoms with Crippen LogP contribution in [0.25, 0.3) is 0 Å². The normalized spacial score (nSPS) is 14.1. The maximum Gasteiger partial charge on any atom is 0.321 e. The molecule has 0 fully saturated rings. The summed E-state index contributed by atoms with van der Waals surface area (Å²) in [5.41, 5.74) is 0. The van der Waals surface area contributed by atoms with Crippen LogP contribution in [-0.4, -0.2) is 52.4 Å². The van der Waals surface area contributed by atoms with Crippen molar-refractivity contribution in [3.63, 3.8) is 0 Å². The Morgan fingerprint density at radius 2 is 1.71 bits per heavy atom. The predicted molar refractivity (Wildman–Crippen MR) is 88.5 cm³/mol. The Morgan fingerprint density at radius 3 is 2.17 bits per heavy atom. The van der Waals surface area contributed by atoms with Crippen LogP contribution in [0.2, 0.25) is 0 Å². The minimum absolute atomic E-state index is 0.0331. The number of nitrogens with one attached hydrogen (secondary N) is 1. The Bertz CT molecular complexity index is 800. The van der Waals surface area contributed by atoms with Gasteiger partial charge in [0.25, 0.3) is 0 Å². The second-order valence-electron chi connectivity index (χ2n) is 5.90. The van der Waals surface area contributed by atoms with Crippen molar-refractivity contribution in [2.45, 2.75) is 36.1 Å². The van der Waals surface area contributed by atoms with Crippen LogP contribution in [0.15, 0.2) is 34.1 Å². The molecule has 0 radical (unpaired) electrons. The SMILES string of the molecule is CC(C)C[C@H](NS(=O)(=O)c1cccc(S(=O)(=O)N(C)C)c1)C(=O)O. The molecule has 0 aromatic heterocycles. The second-order valence-corrected chi connectivity index (χ2v) is 9.77. The van der Waals surface area contributed by atoms with Gasteiger partial charge >= 0.3 is 5.97 Å². The van der Waals surface area contributed by atoms with Crippen LogP contribution in [0.1, 0.15) is 20.3 Å². The largest absolute Gasteiger partial charge is 0.480 e. The van der Waals surface area contributed by atoms with Crippen LogP contribution in [0.5, 0.6) is 0 Å².